The van der Waals surface area contributed by atoms with E-state index in [2.05, 4.69) is 0 Å². The van der Waals surface area contributed by atoms with Crippen molar-refractivity contribution in [3.63, 3.8) is 0 Å². The van der Waals surface area contributed by atoms with Gasteiger partial charge in [-0.2, -0.15) is 0 Å². The van der Waals surface area contributed by atoms with Crippen molar-refractivity contribution in [1.29, 1.82) is 0 Å². The first-order valence-electron chi connectivity index (χ1n) is 4.31. The molecule has 0 unspecified atom stereocenters. The molecule has 1 aromatic rings. The first kappa shape index (κ1) is 8.51. The number of ether oxygens (including phenoxy) is 1. The number of methoxy groups -OCH3 is 1. The van der Waals surface area contributed by atoms with Crippen LogP contribution >= 0.6 is 0 Å². The lowest BCUT2D eigenvalue weighted by Crippen LogP contribution is -2.02. The van der Waals surface area contributed by atoms with Crippen LogP contribution in [0.25, 0.3) is 0 Å². The van der Waals surface area contributed by atoms with E-state index >= 15 is 0 Å². The Morgan fingerprint density at radius 3 is 2.77 bits per heavy atom. The van der Waals surface area contributed by atoms with E-state index in [1.54, 1.807) is 13.2 Å². The summed E-state index contributed by atoms with van der Waals surface area (Å²) < 4.78 is 18.0. The lowest BCUT2D eigenvalue weighted by Gasteiger charge is -2.06. The highest BCUT2D eigenvalue weighted by atomic mass is 19.1. The van der Waals surface area contributed by atoms with Crippen LogP contribution in [0, 0.1) is 5.82 Å². The van der Waals surface area contributed by atoms with Crippen LogP contribution in [0.1, 0.15) is 17.9 Å². The molecule has 70 valence electrons. The second kappa shape index (κ2) is 3.00. The highest BCUT2D eigenvalue weighted by Gasteiger charge is 2.37. The largest absolute Gasteiger partial charge is 0.496 e. The monoisotopic (exact) mass is 181 g/mol. The summed E-state index contributed by atoms with van der Waals surface area (Å²) in [5.74, 6) is 0.792. The summed E-state index contributed by atoms with van der Waals surface area (Å²) in [5.41, 5.74) is 6.59. The Balaban J connectivity index is 2.35. The van der Waals surface area contributed by atoms with Gasteiger partial charge in [0.1, 0.15) is 11.6 Å². The molecule has 1 saturated carbocycles. The normalized spacial score (nSPS) is 25.8. The fourth-order valence-electron chi connectivity index (χ4n) is 1.57. The van der Waals surface area contributed by atoms with Gasteiger partial charge in [0, 0.05) is 17.5 Å². The summed E-state index contributed by atoms with van der Waals surface area (Å²) in [6.07, 6.45) is 0.930. The topological polar surface area (TPSA) is 35.2 Å². The molecule has 2 N–H and O–H groups in total. The Morgan fingerprint density at radius 2 is 2.23 bits per heavy atom. The predicted molar refractivity (Wildman–Crippen MR) is 48.3 cm³/mol. The molecule has 1 aliphatic carbocycles. The molecular weight excluding hydrogens is 169 g/mol. The van der Waals surface area contributed by atoms with E-state index in [0.717, 1.165) is 17.7 Å². The van der Waals surface area contributed by atoms with Gasteiger partial charge in [0.2, 0.25) is 0 Å². The molecule has 0 radical (unpaired) electrons. The van der Waals surface area contributed by atoms with E-state index in [1.807, 2.05) is 0 Å². The van der Waals surface area contributed by atoms with Crippen LogP contribution in [-0.4, -0.2) is 13.2 Å². The number of hydrogen-bond acceptors (Lipinski definition) is 2. The lowest BCUT2D eigenvalue weighted by atomic mass is 10.1. The minimum atomic E-state index is -0.227. The first-order chi connectivity index (χ1) is 6.22. The molecule has 2 rings (SSSR count). The van der Waals surface area contributed by atoms with Gasteiger partial charge >= 0.3 is 0 Å². The molecule has 1 aromatic carbocycles. The molecule has 0 aromatic heterocycles. The molecule has 0 bridgehead atoms. The van der Waals surface area contributed by atoms with Crippen LogP contribution in [0.15, 0.2) is 18.2 Å². The van der Waals surface area contributed by atoms with Crippen LogP contribution in [0.5, 0.6) is 5.75 Å². The zero-order valence-corrected chi connectivity index (χ0v) is 7.46. The van der Waals surface area contributed by atoms with Crippen molar-refractivity contribution >= 4 is 0 Å². The van der Waals surface area contributed by atoms with Gasteiger partial charge in [0.05, 0.1) is 7.11 Å². The Bertz CT molecular complexity index is 327. The van der Waals surface area contributed by atoms with E-state index in [0.29, 0.717) is 0 Å². The zero-order chi connectivity index (χ0) is 9.42. The molecule has 1 fully saturated rings. The van der Waals surface area contributed by atoms with Crippen molar-refractivity contribution in [2.75, 3.05) is 7.11 Å². The maximum absolute atomic E-state index is 12.9. The third kappa shape index (κ3) is 1.52. The van der Waals surface area contributed by atoms with Crippen LogP contribution in [0.3, 0.4) is 0 Å². The Hall–Kier alpha value is -1.09. The summed E-state index contributed by atoms with van der Waals surface area (Å²) in [6.45, 7) is 0. The van der Waals surface area contributed by atoms with Crippen LogP contribution in [0.4, 0.5) is 4.39 Å². The minimum absolute atomic E-state index is 0.177. The van der Waals surface area contributed by atoms with Crippen molar-refractivity contribution in [2.45, 2.75) is 18.4 Å². The standard InChI is InChI=1S/C10H12FNO/c1-13-10-3-2-6(11)4-8(10)7-5-9(7)12/h2-4,7,9H,5,12H2,1H3/t7-,9-/m0/s1. The first-order valence-corrected chi connectivity index (χ1v) is 4.31. The fourth-order valence-corrected chi connectivity index (χ4v) is 1.57. The van der Waals surface area contributed by atoms with Gasteiger partial charge in [0.25, 0.3) is 0 Å². The van der Waals surface area contributed by atoms with Gasteiger partial charge in [-0.3, -0.25) is 0 Å². The molecule has 0 aliphatic heterocycles. The molecule has 13 heavy (non-hydrogen) atoms. The van der Waals surface area contributed by atoms with Gasteiger partial charge in [-0.15, -0.1) is 0 Å². The molecule has 1 aliphatic rings. The predicted octanol–water partition coefficient (Wildman–Crippen LogP) is 1.65. The summed E-state index contributed by atoms with van der Waals surface area (Å²) >= 11 is 0. The van der Waals surface area contributed by atoms with Crippen molar-refractivity contribution in [3.8, 4) is 5.75 Å². The Morgan fingerprint density at radius 1 is 1.54 bits per heavy atom. The minimum Gasteiger partial charge on any atom is -0.496 e. The SMILES string of the molecule is COc1ccc(F)cc1[C@@H]1C[C@@H]1N. The van der Waals surface area contributed by atoms with E-state index < -0.39 is 0 Å². The van der Waals surface area contributed by atoms with Crippen molar-refractivity contribution < 1.29 is 9.13 Å². The maximum atomic E-state index is 12.9. The molecule has 0 spiro atoms. The third-order valence-electron chi connectivity index (χ3n) is 2.43. The highest BCUT2D eigenvalue weighted by Crippen LogP contribution is 2.43. The number of hydrogen-bond donors (Lipinski definition) is 1. The summed E-state index contributed by atoms with van der Waals surface area (Å²) in [7, 11) is 1.59. The fraction of sp³-hybridized carbons (Fsp3) is 0.400. The average Bonchev–Trinajstić information content (AvgIpc) is 2.82. The summed E-state index contributed by atoms with van der Waals surface area (Å²) in [5, 5.41) is 0. The second-order valence-corrected chi connectivity index (χ2v) is 3.39. The second-order valence-electron chi connectivity index (χ2n) is 3.39. The molecular formula is C10H12FNO. The van der Waals surface area contributed by atoms with E-state index in [4.69, 9.17) is 10.5 Å². The van der Waals surface area contributed by atoms with E-state index in [-0.39, 0.29) is 17.8 Å². The van der Waals surface area contributed by atoms with E-state index in [9.17, 15) is 4.39 Å². The number of benzene rings is 1. The molecule has 0 heterocycles. The number of halogens is 1. The molecule has 3 heteroatoms. The van der Waals surface area contributed by atoms with Crippen LogP contribution in [0.2, 0.25) is 0 Å². The Labute approximate surface area is 76.5 Å². The smallest absolute Gasteiger partial charge is 0.123 e. The number of rotatable bonds is 2. The van der Waals surface area contributed by atoms with Gasteiger partial charge < -0.3 is 10.5 Å². The zero-order valence-electron chi connectivity index (χ0n) is 7.46. The lowest BCUT2D eigenvalue weighted by molar-refractivity contribution is 0.408. The molecule has 0 amide bonds. The summed E-state index contributed by atoms with van der Waals surface area (Å²) in [4.78, 5) is 0. The molecule has 2 atom stereocenters. The molecule has 2 nitrogen and oxygen atoms in total. The van der Waals surface area contributed by atoms with E-state index in [1.165, 1.54) is 12.1 Å². The van der Waals surface area contributed by atoms with Gasteiger partial charge in [-0.25, -0.2) is 4.39 Å². The average molecular weight is 181 g/mol. The van der Waals surface area contributed by atoms with Gasteiger partial charge in [-0.05, 0) is 24.6 Å². The van der Waals surface area contributed by atoms with Gasteiger partial charge in [0.15, 0.2) is 0 Å². The Kier molecular flexibility index (Phi) is 1.96. The van der Waals surface area contributed by atoms with Gasteiger partial charge in [-0.1, -0.05) is 0 Å². The number of nitrogens with two attached hydrogens (primary N) is 1. The third-order valence-corrected chi connectivity index (χ3v) is 2.43. The van der Waals surface area contributed by atoms with Crippen LogP contribution < -0.4 is 10.5 Å². The highest BCUT2D eigenvalue weighted by molar-refractivity contribution is 5.40. The maximum Gasteiger partial charge on any atom is 0.123 e. The summed E-state index contributed by atoms with van der Waals surface area (Å²) in [6, 6.07) is 4.73. The molecule has 0 saturated heterocycles. The quantitative estimate of drug-likeness (QED) is 0.752. The van der Waals surface area contributed by atoms with Crippen molar-refractivity contribution in [1.82, 2.24) is 0 Å². The van der Waals surface area contributed by atoms with Crippen molar-refractivity contribution in [3.05, 3.63) is 29.6 Å². The van der Waals surface area contributed by atoms with Crippen LogP contribution in [-0.2, 0) is 0 Å². The van der Waals surface area contributed by atoms with Crippen molar-refractivity contribution in [2.24, 2.45) is 5.73 Å².